The first-order valence-corrected chi connectivity index (χ1v) is 15.2. The third kappa shape index (κ3) is 5.83. The van der Waals surface area contributed by atoms with Crippen LogP contribution in [0.4, 0.5) is 0 Å². The molecule has 0 bridgehead atoms. The van der Waals surface area contributed by atoms with E-state index in [1.165, 1.54) is 27.8 Å². The van der Waals surface area contributed by atoms with Gasteiger partial charge >= 0.3 is 0 Å². The monoisotopic (exact) mass is 576 g/mol. The molecule has 0 radical (unpaired) electrons. The average Bonchev–Trinajstić information content (AvgIpc) is 3.37. The number of benzene rings is 5. The van der Waals surface area contributed by atoms with Crippen molar-refractivity contribution >= 4 is 0 Å². The number of hydrogen-bond acceptors (Lipinski definition) is 4. The number of methoxy groups -OCH3 is 1. The van der Waals surface area contributed by atoms with Gasteiger partial charge in [0.1, 0.15) is 17.3 Å². The Morgan fingerprint density at radius 2 is 1.16 bits per heavy atom. The molecule has 0 N–H and O–H groups in total. The van der Waals surface area contributed by atoms with Gasteiger partial charge in [-0.15, -0.1) is 0 Å². The molecule has 7 rings (SSSR count). The van der Waals surface area contributed by atoms with Crippen LogP contribution in [0.25, 0.3) is 22.6 Å². The fraction of sp³-hybridized carbons (Fsp3) is 0.150. The largest absolute Gasteiger partial charge is 0.497 e. The minimum absolute atomic E-state index is 0.0227. The van der Waals surface area contributed by atoms with Crippen LogP contribution in [-0.2, 0) is 19.6 Å². The Morgan fingerprint density at radius 1 is 0.614 bits per heavy atom. The summed E-state index contributed by atoms with van der Waals surface area (Å²) in [4.78, 5) is 5.16. The van der Waals surface area contributed by atoms with Gasteiger partial charge in [0.2, 0.25) is 0 Å². The molecule has 4 nitrogen and oxygen atoms in total. The maximum absolute atomic E-state index is 7.02. The molecule has 1 aliphatic rings. The maximum atomic E-state index is 7.02. The Labute approximate surface area is 259 Å². The lowest BCUT2D eigenvalue weighted by molar-refractivity contribution is 0.0994. The van der Waals surface area contributed by atoms with Crippen molar-refractivity contribution in [3.05, 3.63) is 173 Å². The summed E-state index contributed by atoms with van der Waals surface area (Å²) >= 11 is 0. The van der Waals surface area contributed by atoms with Crippen LogP contribution in [0.1, 0.15) is 33.9 Å². The quantitative estimate of drug-likeness (QED) is 0.181. The zero-order valence-corrected chi connectivity index (χ0v) is 25.0. The number of furan rings is 1. The van der Waals surface area contributed by atoms with Crippen molar-refractivity contribution in [1.29, 1.82) is 0 Å². The van der Waals surface area contributed by atoms with Crippen molar-refractivity contribution in [2.75, 3.05) is 13.8 Å². The zero-order valence-electron chi connectivity index (χ0n) is 25.0. The van der Waals surface area contributed by atoms with Gasteiger partial charge in [-0.05, 0) is 41.0 Å². The molecule has 2 heterocycles. The lowest BCUT2D eigenvalue weighted by atomic mass is 9.90. The van der Waals surface area contributed by atoms with E-state index < -0.39 is 0 Å². The van der Waals surface area contributed by atoms with E-state index in [-0.39, 0.29) is 6.04 Å². The molecule has 4 heteroatoms. The smallest absolute Gasteiger partial charge is 0.140 e. The van der Waals surface area contributed by atoms with Crippen molar-refractivity contribution in [3.63, 3.8) is 0 Å². The molecule has 5 aromatic carbocycles. The lowest BCUT2D eigenvalue weighted by Crippen LogP contribution is -2.37. The first-order chi connectivity index (χ1) is 21.8. The second-order valence-electron chi connectivity index (χ2n) is 11.4. The highest BCUT2D eigenvalue weighted by Gasteiger charge is 2.37. The van der Waals surface area contributed by atoms with Gasteiger partial charge in [-0.2, -0.15) is 0 Å². The summed E-state index contributed by atoms with van der Waals surface area (Å²) in [6, 6.07) is 51.3. The Kier molecular flexibility index (Phi) is 8.09. The third-order valence-electron chi connectivity index (χ3n) is 8.43. The topological polar surface area (TPSA) is 28.9 Å². The van der Waals surface area contributed by atoms with Gasteiger partial charge in [-0.25, -0.2) is 0 Å². The van der Waals surface area contributed by atoms with Crippen molar-refractivity contribution < 1.29 is 9.15 Å². The first-order valence-electron chi connectivity index (χ1n) is 15.2. The minimum Gasteiger partial charge on any atom is -0.497 e. The van der Waals surface area contributed by atoms with Crippen LogP contribution in [0.15, 0.2) is 150 Å². The number of fused-ring (bicyclic) bond motifs is 1. The first kappa shape index (κ1) is 27.9. The van der Waals surface area contributed by atoms with Crippen LogP contribution in [-0.4, -0.2) is 23.6 Å². The van der Waals surface area contributed by atoms with Crippen molar-refractivity contribution in [1.82, 2.24) is 9.80 Å². The highest BCUT2D eigenvalue weighted by molar-refractivity contribution is 5.74. The summed E-state index contributed by atoms with van der Waals surface area (Å²) in [5.41, 5.74) is 8.43. The molecule has 0 saturated carbocycles. The molecule has 1 unspecified atom stereocenters. The highest BCUT2D eigenvalue weighted by Crippen LogP contribution is 2.47. The van der Waals surface area contributed by atoms with Crippen molar-refractivity contribution in [2.24, 2.45) is 0 Å². The molecular formula is C40H36N2O2. The molecule has 1 atom stereocenters. The second-order valence-corrected chi connectivity index (χ2v) is 11.4. The summed E-state index contributed by atoms with van der Waals surface area (Å²) in [5.74, 6) is 2.68. The van der Waals surface area contributed by atoms with E-state index in [4.69, 9.17) is 9.15 Å². The SMILES string of the molecule is COc1ccc(-c2oc(-c3ccccc3)c3c2C(c2ccccc2)N(Cc2ccccc2)CN(Cc2ccccc2)C3)cc1. The van der Waals surface area contributed by atoms with Crippen molar-refractivity contribution in [3.8, 4) is 28.4 Å². The van der Waals surface area contributed by atoms with Gasteiger partial charge < -0.3 is 9.15 Å². The van der Waals surface area contributed by atoms with E-state index in [1.54, 1.807) is 7.11 Å². The molecule has 44 heavy (non-hydrogen) atoms. The number of ether oxygens (including phenoxy) is 1. The molecule has 0 fully saturated rings. The van der Waals surface area contributed by atoms with Gasteiger partial charge in [0.25, 0.3) is 0 Å². The molecule has 6 aromatic rings. The Bertz CT molecular complexity index is 1780. The number of rotatable bonds is 8. The van der Waals surface area contributed by atoms with Crippen LogP contribution in [0, 0.1) is 0 Å². The predicted molar refractivity (Wildman–Crippen MR) is 177 cm³/mol. The van der Waals surface area contributed by atoms with Gasteiger partial charge in [0.05, 0.1) is 19.8 Å². The molecule has 0 amide bonds. The number of hydrogen-bond donors (Lipinski definition) is 0. The Hall–Kier alpha value is -4.90. The molecule has 1 aliphatic heterocycles. The van der Waals surface area contributed by atoms with Crippen molar-refractivity contribution in [2.45, 2.75) is 25.7 Å². The summed E-state index contributed by atoms with van der Waals surface area (Å²) < 4.78 is 12.5. The van der Waals surface area contributed by atoms with Crippen LogP contribution in [0.5, 0.6) is 5.75 Å². The molecule has 0 saturated heterocycles. The predicted octanol–water partition coefficient (Wildman–Crippen LogP) is 9.19. The zero-order chi connectivity index (χ0) is 29.7. The van der Waals surface area contributed by atoms with E-state index >= 15 is 0 Å². The molecular weight excluding hydrogens is 540 g/mol. The van der Waals surface area contributed by atoms with Crippen LogP contribution in [0.3, 0.4) is 0 Å². The number of nitrogens with zero attached hydrogens (tertiary/aromatic N) is 2. The molecule has 218 valence electrons. The van der Waals surface area contributed by atoms with E-state index in [1.807, 2.05) is 12.1 Å². The van der Waals surface area contributed by atoms with E-state index in [0.29, 0.717) is 0 Å². The van der Waals surface area contributed by atoms with Gasteiger partial charge in [0.15, 0.2) is 0 Å². The summed E-state index contributed by atoms with van der Waals surface area (Å²) in [5, 5.41) is 0. The summed E-state index contributed by atoms with van der Waals surface area (Å²) in [6.45, 7) is 3.21. The molecule has 0 aliphatic carbocycles. The standard InChI is InChI=1S/C40H36N2O2/c1-43-35-24-22-34(23-25-35)40-37-36(39(44-40)33-20-12-5-13-21-33)28-41(26-30-14-6-2-7-15-30)29-42(27-31-16-8-3-9-17-31)38(37)32-18-10-4-11-19-32/h2-25,38H,26-29H2,1H3. The van der Waals surface area contributed by atoms with Crippen LogP contribution >= 0.6 is 0 Å². The summed E-state index contributed by atoms with van der Waals surface area (Å²) in [7, 11) is 1.70. The molecule has 1 aromatic heterocycles. The van der Waals surface area contributed by atoms with E-state index in [0.717, 1.165) is 54.7 Å². The normalized spacial score (nSPS) is 15.4. The average molecular weight is 577 g/mol. The fourth-order valence-electron chi connectivity index (χ4n) is 6.42. The lowest BCUT2D eigenvalue weighted by Gasteiger charge is -2.34. The Morgan fingerprint density at radius 3 is 1.77 bits per heavy atom. The second kappa shape index (κ2) is 12.8. The van der Waals surface area contributed by atoms with E-state index in [9.17, 15) is 0 Å². The minimum atomic E-state index is -0.0227. The molecule has 0 spiro atoms. The summed E-state index contributed by atoms with van der Waals surface area (Å²) in [6.07, 6.45) is 0. The fourth-order valence-corrected chi connectivity index (χ4v) is 6.42. The van der Waals surface area contributed by atoms with Crippen LogP contribution in [0.2, 0.25) is 0 Å². The van der Waals surface area contributed by atoms with Gasteiger partial charge in [-0.1, -0.05) is 121 Å². The third-order valence-corrected chi connectivity index (χ3v) is 8.43. The Balaban J connectivity index is 1.47. The van der Waals surface area contributed by atoms with Gasteiger partial charge in [0, 0.05) is 41.9 Å². The van der Waals surface area contributed by atoms with E-state index in [2.05, 4.69) is 143 Å². The maximum Gasteiger partial charge on any atom is 0.140 e. The van der Waals surface area contributed by atoms with Crippen LogP contribution < -0.4 is 4.74 Å². The highest BCUT2D eigenvalue weighted by atomic mass is 16.5. The van der Waals surface area contributed by atoms with Gasteiger partial charge in [-0.3, -0.25) is 9.80 Å².